The van der Waals surface area contributed by atoms with Crippen LogP contribution in [0.3, 0.4) is 0 Å². The molecule has 1 aromatic carbocycles. The van der Waals surface area contributed by atoms with Gasteiger partial charge in [0, 0.05) is 12.2 Å². The van der Waals surface area contributed by atoms with Crippen molar-refractivity contribution in [3.63, 3.8) is 0 Å². The smallest absolute Gasteiger partial charge is 0.287 e. The monoisotopic (exact) mass is 446 g/mol. The number of rotatable bonds is 8. The first-order valence-electron chi connectivity index (χ1n) is 11.0. The van der Waals surface area contributed by atoms with Crippen LogP contribution in [-0.2, 0) is 9.59 Å². The maximum atomic E-state index is 13.5. The Bertz CT molecular complexity index is 1060. The summed E-state index contributed by atoms with van der Waals surface area (Å²) in [5.41, 5.74) is 1.13. The van der Waals surface area contributed by atoms with E-state index in [0.29, 0.717) is 11.3 Å². The number of anilines is 1. The van der Waals surface area contributed by atoms with Gasteiger partial charge >= 0.3 is 0 Å². The molecule has 8 heteroatoms. The summed E-state index contributed by atoms with van der Waals surface area (Å²) < 4.78 is 5.09. The van der Waals surface area contributed by atoms with Crippen LogP contribution in [0.15, 0.2) is 77.7 Å². The molecular weight excluding hydrogens is 420 g/mol. The van der Waals surface area contributed by atoms with E-state index in [1.54, 1.807) is 24.4 Å². The number of carbonyl (C=O) groups is 3. The molecule has 2 aromatic heterocycles. The molecule has 170 valence electrons. The normalized spacial score (nSPS) is 14.4. The molecule has 1 saturated carbocycles. The number of furan rings is 1. The molecule has 0 saturated heterocycles. The highest BCUT2D eigenvalue weighted by atomic mass is 16.3. The van der Waals surface area contributed by atoms with E-state index in [2.05, 4.69) is 15.6 Å². The minimum atomic E-state index is -0.913. The lowest BCUT2D eigenvalue weighted by Crippen LogP contribution is -2.49. The minimum Gasteiger partial charge on any atom is -0.459 e. The lowest BCUT2D eigenvalue weighted by Gasteiger charge is -2.32. The number of hydrogen-bond donors (Lipinski definition) is 2. The summed E-state index contributed by atoms with van der Waals surface area (Å²) in [5.74, 6) is -1.11. The van der Waals surface area contributed by atoms with E-state index in [1.165, 1.54) is 23.4 Å². The van der Waals surface area contributed by atoms with E-state index in [9.17, 15) is 14.4 Å². The van der Waals surface area contributed by atoms with Crippen LogP contribution < -0.4 is 15.5 Å². The summed E-state index contributed by atoms with van der Waals surface area (Å²) >= 11 is 0. The van der Waals surface area contributed by atoms with Crippen LogP contribution in [0.4, 0.5) is 5.69 Å². The van der Waals surface area contributed by atoms with Gasteiger partial charge in [0.25, 0.3) is 5.91 Å². The molecular formula is C25H26N4O4. The van der Waals surface area contributed by atoms with Gasteiger partial charge in [-0.2, -0.15) is 0 Å². The van der Waals surface area contributed by atoms with Gasteiger partial charge in [-0.1, -0.05) is 43.2 Å². The predicted octanol–water partition coefficient (Wildman–Crippen LogP) is 3.24. The van der Waals surface area contributed by atoms with Gasteiger partial charge in [-0.05, 0) is 42.7 Å². The summed E-state index contributed by atoms with van der Waals surface area (Å²) in [6.45, 7) is -0.311. The molecule has 0 radical (unpaired) electrons. The number of carbonyl (C=O) groups excluding carboxylic acids is 3. The molecule has 2 heterocycles. The Morgan fingerprint density at radius 2 is 1.82 bits per heavy atom. The molecule has 0 unspecified atom stereocenters. The van der Waals surface area contributed by atoms with Gasteiger partial charge in [0.1, 0.15) is 6.04 Å². The number of hydrogen-bond acceptors (Lipinski definition) is 5. The third kappa shape index (κ3) is 5.46. The quantitative estimate of drug-likeness (QED) is 0.553. The van der Waals surface area contributed by atoms with Crippen LogP contribution in [0.2, 0.25) is 0 Å². The van der Waals surface area contributed by atoms with Crippen molar-refractivity contribution >= 4 is 23.4 Å². The molecule has 33 heavy (non-hydrogen) atoms. The fourth-order valence-corrected chi connectivity index (χ4v) is 4.07. The summed E-state index contributed by atoms with van der Waals surface area (Å²) in [6.07, 6.45) is 8.51. The molecule has 8 nitrogen and oxygen atoms in total. The summed E-state index contributed by atoms with van der Waals surface area (Å²) in [5, 5.41) is 5.69. The first-order valence-corrected chi connectivity index (χ1v) is 11.0. The molecule has 0 bridgehead atoms. The fourth-order valence-electron chi connectivity index (χ4n) is 4.07. The number of amides is 3. The van der Waals surface area contributed by atoms with Crippen molar-refractivity contribution in [2.24, 2.45) is 0 Å². The van der Waals surface area contributed by atoms with Gasteiger partial charge in [-0.15, -0.1) is 0 Å². The second-order valence-corrected chi connectivity index (χ2v) is 7.94. The SMILES string of the molecule is O=C(NCC(=O)N(c1cccnc1)[C@@H](C(=O)NC1CCCC1)c1ccccc1)c1ccco1. The van der Waals surface area contributed by atoms with Crippen molar-refractivity contribution in [2.75, 3.05) is 11.4 Å². The molecule has 1 atom stereocenters. The van der Waals surface area contributed by atoms with Crippen LogP contribution in [0, 0.1) is 0 Å². The Balaban J connectivity index is 1.63. The molecule has 3 aromatic rings. The van der Waals surface area contributed by atoms with Crippen molar-refractivity contribution in [2.45, 2.75) is 37.8 Å². The van der Waals surface area contributed by atoms with Crippen LogP contribution in [-0.4, -0.2) is 35.3 Å². The van der Waals surface area contributed by atoms with Crippen LogP contribution in [0.25, 0.3) is 0 Å². The average molecular weight is 447 g/mol. The number of aromatic nitrogens is 1. The number of pyridine rings is 1. The minimum absolute atomic E-state index is 0.0909. The summed E-state index contributed by atoms with van der Waals surface area (Å²) in [4.78, 5) is 44.8. The summed E-state index contributed by atoms with van der Waals surface area (Å²) in [7, 11) is 0. The van der Waals surface area contributed by atoms with E-state index >= 15 is 0 Å². The average Bonchev–Trinajstić information content (AvgIpc) is 3.56. The highest BCUT2D eigenvalue weighted by Crippen LogP contribution is 2.28. The molecule has 4 rings (SSSR count). The van der Waals surface area contributed by atoms with Crippen LogP contribution >= 0.6 is 0 Å². The Morgan fingerprint density at radius 1 is 1.03 bits per heavy atom. The van der Waals surface area contributed by atoms with Gasteiger partial charge in [0.15, 0.2) is 5.76 Å². The Kier molecular flexibility index (Phi) is 7.14. The first kappa shape index (κ1) is 22.3. The first-order chi connectivity index (χ1) is 16.1. The number of benzene rings is 1. The maximum Gasteiger partial charge on any atom is 0.287 e. The van der Waals surface area contributed by atoms with E-state index in [4.69, 9.17) is 4.42 Å². The standard InChI is InChI=1S/C25H26N4O4/c30-22(17-27-24(31)21-13-7-15-33-21)29(20-12-6-14-26-16-20)23(18-8-2-1-3-9-18)25(32)28-19-10-4-5-11-19/h1-3,6-9,12-16,19,23H,4-5,10-11,17H2,(H,27,31)(H,28,32)/t23-/m1/s1. The zero-order valence-corrected chi connectivity index (χ0v) is 18.1. The highest BCUT2D eigenvalue weighted by Gasteiger charge is 2.34. The summed E-state index contributed by atoms with van der Waals surface area (Å²) in [6, 6.07) is 14.9. The van der Waals surface area contributed by atoms with Gasteiger partial charge in [-0.25, -0.2) is 0 Å². The largest absolute Gasteiger partial charge is 0.459 e. The van der Waals surface area contributed by atoms with Gasteiger partial charge in [-0.3, -0.25) is 24.3 Å². The molecule has 3 amide bonds. The molecule has 1 fully saturated rings. The zero-order valence-electron chi connectivity index (χ0n) is 18.1. The molecule has 0 spiro atoms. The maximum absolute atomic E-state index is 13.5. The van der Waals surface area contributed by atoms with E-state index in [1.807, 2.05) is 30.3 Å². The van der Waals surface area contributed by atoms with E-state index in [-0.39, 0.29) is 24.3 Å². The Labute approximate surface area is 192 Å². The predicted molar refractivity (Wildman–Crippen MR) is 122 cm³/mol. The third-order valence-corrected chi connectivity index (χ3v) is 5.66. The lowest BCUT2D eigenvalue weighted by molar-refractivity contribution is -0.126. The fraction of sp³-hybridized carbons (Fsp3) is 0.280. The van der Waals surface area contributed by atoms with Crippen molar-refractivity contribution in [3.8, 4) is 0 Å². The second-order valence-electron chi connectivity index (χ2n) is 7.94. The number of nitrogens with zero attached hydrogens (tertiary/aromatic N) is 2. The molecule has 0 aliphatic heterocycles. The van der Waals surface area contributed by atoms with Crippen LogP contribution in [0.1, 0.15) is 47.8 Å². The van der Waals surface area contributed by atoms with E-state index in [0.717, 1.165) is 25.7 Å². The van der Waals surface area contributed by atoms with Gasteiger partial charge in [0.2, 0.25) is 11.8 Å². The number of nitrogens with one attached hydrogen (secondary N) is 2. The Hall–Kier alpha value is -3.94. The van der Waals surface area contributed by atoms with Crippen molar-refractivity contribution < 1.29 is 18.8 Å². The Morgan fingerprint density at radius 3 is 2.48 bits per heavy atom. The van der Waals surface area contributed by atoms with E-state index < -0.39 is 17.9 Å². The van der Waals surface area contributed by atoms with Gasteiger partial charge in [0.05, 0.1) is 24.7 Å². The molecule has 2 N–H and O–H groups in total. The highest BCUT2D eigenvalue weighted by molar-refractivity contribution is 6.04. The molecule has 1 aliphatic rings. The lowest BCUT2D eigenvalue weighted by atomic mass is 10.0. The zero-order chi connectivity index (χ0) is 23.0. The third-order valence-electron chi connectivity index (χ3n) is 5.66. The topological polar surface area (TPSA) is 105 Å². The van der Waals surface area contributed by atoms with Crippen molar-refractivity contribution in [3.05, 3.63) is 84.6 Å². The van der Waals surface area contributed by atoms with Gasteiger partial charge < -0.3 is 15.1 Å². The van der Waals surface area contributed by atoms with Crippen molar-refractivity contribution in [1.82, 2.24) is 15.6 Å². The van der Waals surface area contributed by atoms with Crippen LogP contribution in [0.5, 0.6) is 0 Å². The van der Waals surface area contributed by atoms with Crippen molar-refractivity contribution in [1.29, 1.82) is 0 Å². The molecule has 1 aliphatic carbocycles. The second kappa shape index (κ2) is 10.6.